The van der Waals surface area contributed by atoms with Gasteiger partial charge in [0, 0.05) is 16.7 Å². The summed E-state index contributed by atoms with van der Waals surface area (Å²) in [6, 6.07) is 0. The summed E-state index contributed by atoms with van der Waals surface area (Å²) in [4.78, 5) is 0. The van der Waals surface area contributed by atoms with Gasteiger partial charge in [0.25, 0.3) is 0 Å². The van der Waals surface area contributed by atoms with Crippen LogP contribution in [0.25, 0.3) is 0 Å². The minimum absolute atomic E-state index is 0.0139. The van der Waals surface area contributed by atoms with Gasteiger partial charge in [0.15, 0.2) is 31.5 Å². The van der Waals surface area contributed by atoms with Crippen LogP contribution in [0.1, 0.15) is 114 Å². The zero-order chi connectivity index (χ0) is 65.5. The van der Waals surface area contributed by atoms with Crippen molar-refractivity contribution in [3.8, 4) is 0 Å². The molecule has 0 radical (unpaired) electrons. The highest BCUT2D eigenvalue weighted by Crippen LogP contribution is 2.75. The molecule has 18 N–H and O–H groups in total. The van der Waals surface area contributed by atoms with Gasteiger partial charge < -0.3 is 139 Å². The van der Waals surface area contributed by atoms with Crippen LogP contribution in [0.15, 0.2) is 11.6 Å². The molecular weight excluding hydrogens is 1180 g/mol. The van der Waals surface area contributed by atoms with Crippen LogP contribution >= 0.6 is 0 Å². The second-order valence-corrected chi connectivity index (χ2v) is 29.0. The van der Waals surface area contributed by atoms with Crippen LogP contribution in [-0.2, 0) is 47.4 Å². The van der Waals surface area contributed by atoms with Gasteiger partial charge in [-0.2, -0.15) is 0 Å². The Morgan fingerprint density at radius 2 is 1.03 bits per heavy atom. The van der Waals surface area contributed by atoms with Crippen molar-refractivity contribution in [3.05, 3.63) is 11.6 Å². The first kappa shape index (κ1) is 71.9. The molecule has 28 nitrogen and oxygen atoms in total. The third-order valence-electron chi connectivity index (χ3n) is 23.3. The van der Waals surface area contributed by atoms with E-state index in [1.807, 2.05) is 13.8 Å². The van der Waals surface area contributed by atoms with Gasteiger partial charge in [-0.25, -0.2) is 0 Å². The number of hydrogen-bond donors (Lipinski definition) is 18. The minimum Gasteiger partial charge on any atom is -0.394 e. The summed E-state index contributed by atoms with van der Waals surface area (Å²) < 4.78 is 60.0. The van der Waals surface area contributed by atoms with Gasteiger partial charge >= 0.3 is 0 Å². The molecule has 3 saturated carbocycles. The summed E-state index contributed by atoms with van der Waals surface area (Å²) in [5.41, 5.74) is -2.39. The summed E-state index contributed by atoms with van der Waals surface area (Å²) in [5, 5.41) is 196. The summed E-state index contributed by atoms with van der Waals surface area (Å²) >= 11 is 0. The second-order valence-electron chi connectivity index (χ2n) is 29.0. The molecule has 0 aromatic heterocycles. The van der Waals surface area contributed by atoms with Crippen LogP contribution in [-0.4, -0.2) is 296 Å². The van der Waals surface area contributed by atoms with E-state index in [1.54, 1.807) is 6.92 Å². The average molecular weight is 1290 g/mol. The Hall–Kier alpha value is -1.38. The number of ether oxygens (including phenoxy) is 10. The number of aliphatic hydroxyl groups is 18. The molecule has 4 aliphatic carbocycles. The van der Waals surface area contributed by atoms with Crippen molar-refractivity contribution in [1.82, 2.24) is 0 Å². The molecule has 9 aliphatic rings. The molecule has 28 heteroatoms. The SMILES string of the molecule is C[C@H]1[C@H](O)[C@@H](O)[C@H](O[C@H]2[C@H](O[C@H](CC[C@@H](C)C3CC[C@@]4(C)C5CC=C6C(CC[C@H](O[C@@H]7O[C@H](CO)[C@@H](O[C@@H]8O[C@H](CO)[C@@H](O)[C@H](O)[C@H]8O)[C@H](O)[C@H]7O)C6(C)C)[C@]5(C)[C@H](O)C[C@]34C)C(C)(C)O)O[C@H](CO[C@@H]3O[C@H](CO)[C@@H](O)[C@H](O)[C@H]3O)[C@@H](O)[C@@H]2O)O[C@@H]1CO. The number of rotatable bonds is 20. The lowest BCUT2D eigenvalue weighted by atomic mass is 9.38. The molecule has 9 rings (SSSR count). The van der Waals surface area contributed by atoms with E-state index < -0.39 is 221 Å². The molecule has 5 saturated heterocycles. The molecule has 0 spiro atoms. The van der Waals surface area contributed by atoms with Crippen LogP contribution in [0.5, 0.6) is 0 Å². The van der Waals surface area contributed by atoms with Crippen molar-refractivity contribution in [2.75, 3.05) is 33.0 Å². The van der Waals surface area contributed by atoms with Gasteiger partial charge in [0.05, 0.1) is 69.2 Å². The molecule has 8 fully saturated rings. The number of aliphatic hydroxyl groups excluding tert-OH is 17. The average Bonchev–Trinajstić information content (AvgIpc) is 1.63. The maximum absolute atomic E-state index is 12.8. The second kappa shape index (κ2) is 27.6. The lowest BCUT2D eigenvalue weighted by Gasteiger charge is -2.67. The molecule has 0 aromatic rings. The van der Waals surface area contributed by atoms with E-state index in [0.29, 0.717) is 32.1 Å². The summed E-state index contributed by atoms with van der Waals surface area (Å²) in [5.74, 6) is -0.684. The normalized spacial score (nSPS) is 51.8. The highest BCUT2D eigenvalue weighted by molar-refractivity contribution is 5.32. The molecule has 89 heavy (non-hydrogen) atoms. The molecule has 3 unspecified atom stereocenters. The zero-order valence-corrected chi connectivity index (χ0v) is 52.4. The Bertz CT molecular complexity index is 2340. The summed E-state index contributed by atoms with van der Waals surface area (Å²) in [6.45, 7) is 14.3. The number of allylic oxidation sites excluding steroid dienone is 1. The van der Waals surface area contributed by atoms with E-state index in [2.05, 4.69) is 33.8 Å². The standard InChI is InChI=1S/C61H104O28/c1-24(10-14-37(58(5,6)79)87-56-51(89-54-46(75)38(67)25(2)29(19-62)81-54)44(73)41(70)33(85-56)23-80-52-47(76)42(71)39(68)30(20-63)82-52)26-16-17-59(7)34-13-11-27-28(61(34,9)35(66)18-60(26,59)8)12-15-36(57(27,3)4)86-53-49(78)45(74)50(32(22-65)84-53)88-55-48(77)43(72)40(69)31(21-64)83-55/h11,24-26,28-56,62-79H,10,12-23H2,1-9H3/t24-,25-,26?,28?,29-,30-,31-,32-,33-,34?,35-,36+,37-,38+,39-,40-,41-,42+,43+,44+,45-,46-,47-,48-,49-,50-,51-,52-,53+,54+,55+,56+,59+,60-,61+/m1/s1. The Balaban J connectivity index is 0.884. The largest absolute Gasteiger partial charge is 0.394 e. The van der Waals surface area contributed by atoms with Crippen molar-refractivity contribution < 1.29 is 139 Å². The third kappa shape index (κ3) is 13.0. The third-order valence-corrected chi connectivity index (χ3v) is 23.3. The monoisotopic (exact) mass is 1280 g/mol. The smallest absolute Gasteiger partial charge is 0.187 e. The molecule has 0 amide bonds. The Morgan fingerprint density at radius 1 is 0.539 bits per heavy atom. The molecule has 0 aromatic carbocycles. The maximum atomic E-state index is 12.8. The minimum atomic E-state index is -1.89. The van der Waals surface area contributed by atoms with Crippen molar-refractivity contribution >= 4 is 0 Å². The molecule has 5 aliphatic heterocycles. The lowest BCUT2D eigenvalue weighted by molar-refractivity contribution is -0.378. The van der Waals surface area contributed by atoms with E-state index in [4.69, 9.17) is 47.4 Å². The maximum Gasteiger partial charge on any atom is 0.187 e. The molecular formula is C61H104O28. The molecule has 5 heterocycles. The summed E-state index contributed by atoms with van der Waals surface area (Å²) in [6.07, 6.45) is -34.0. The Labute approximate surface area is 518 Å². The zero-order valence-electron chi connectivity index (χ0n) is 52.4. The number of hydrogen-bond acceptors (Lipinski definition) is 28. The first-order valence-electron chi connectivity index (χ1n) is 31.9. The first-order chi connectivity index (χ1) is 41.7. The van der Waals surface area contributed by atoms with E-state index in [1.165, 1.54) is 13.8 Å². The molecule has 516 valence electrons. The predicted molar refractivity (Wildman–Crippen MR) is 303 cm³/mol. The van der Waals surface area contributed by atoms with Crippen molar-refractivity contribution in [1.29, 1.82) is 0 Å². The van der Waals surface area contributed by atoms with Gasteiger partial charge in [0.2, 0.25) is 0 Å². The van der Waals surface area contributed by atoms with Gasteiger partial charge in [-0.3, -0.25) is 0 Å². The molecule has 0 bridgehead atoms. The van der Waals surface area contributed by atoms with Crippen molar-refractivity contribution in [2.45, 2.75) is 285 Å². The van der Waals surface area contributed by atoms with Crippen LogP contribution < -0.4 is 0 Å². The van der Waals surface area contributed by atoms with E-state index in [0.717, 1.165) is 18.4 Å². The molecule has 35 atom stereocenters. The lowest BCUT2D eigenvalue weighted by Crippen LogP contribution is -2.66. The quantitative estimate of drug-likeness (QED) is 0.0515. The van der Waals surface area contributed by atoms with Crippen LogP contribution in [0, 0.1) is 51.2 Å². The van der Waals surface area contributed by atoms with Gasteiger partial charge in [-0.15, -0.1) is 0 Å². The highest BCUT2D eigenvalue weighted by Gasteiger charge is 2.71. The van der Waals surface area contributed by atoms with E-state index >= 15 is 0 Å². The number of fused-ring (bicyclic) bond motifs is 5. The predicted octanol–water partition coefficient (Wildman–Crippen LogP) is -4.13. The summed E-state index contributed by atoms with van der Waals surface area (Å²) in [7, 11) is 0. The highest BCUT2D eigenvalue weighted by atomic mass is 16.8. The van der Waals surface area contributed by atoms with Crippen LogP contribution in [0.4, 0.5) is 0 Å². The van der Waals surface area contributed by atoms with E-state index in [9.17, 15) is 91.9 Å². The Morgan fingerprint density at radius 3 is 1.63 bits per heavy atom. The van der Waals surface area contributed by atoms with Crippen molar-refractivity contribution in [2.24, 2.45) is 51.2 Å². The fourth-order valence-corrected chi connectivity index (χ4v) is 17.3. The first-order valence-corrected chi connectivity index (χ1v) is 31.9. The topological polar surface area (TPSA) is 456 Å². The fourth-order valence-electron chi connectivity index (χ4n) is 17.3. The van der Waals surface area contributed by atoms with Gasteiger partial charge in [-0.1, -0.05) is 60.1 Å². The van der Waals surface area contributed by atoms with Gasteiger partial charge in [-0.05, 0) is 99.7 Å². The van der Waals surface area contributed by atoms with Gasteiger partial charge in [0.1, 0.15) is 104 Å². The van der Waals surface area contributed by atoms with E-state index in [-0.39, 0.29) is 40.9 Å². The Kier molecular flexibility index (Phi) is 22.3. The van der Waals surface area contributed by atoms with Crippen molar-refractivity contribution in [3.63, 3.8) is 0 Å². The fraction of sp³-hybridized carbons (Fsp3) is 0.967. The van der Waals surface area contributed by atoms with Crippen LogP contribution in [0.2, 0.25) is 0 Å². The van der Waals surface area contributed by atoms with Crippen LogP contribution in [0.3, 0.4) is 0 Å².